The average Bonchev–Trinajstić information content (AvgIpc) is 2.57. The number of nitrogens with zero attached hydrogens (tertiary/aromatic N) is 1. The third-order valence-electron chi connectivity index (χ3n) is 4.07. The van der Waals surface area contributed by atoms with Gasteiger partial charge in [0.05, 0.1) is 12.6 Å². The highest BCUT2D eigenvalue weighted by molar-refractivity contribution is 5.78. The molecule has 0 aromatic carbocycles. The van der Waals surface area contributed by atoms with Crippen LogP contribution in [-0.4, -0.2) is 47.7 Å². The molecule has 1 saturated carbocycles. The van der Waals surface area contributed by atoms with Crippen molar-refractivity contribution >= 4 is 5.91 Å². The Bertz CT molecular complexity index is 257. The third-order valence-corrected chi connectivity index (χ3v) is 4.07. The number of piperidine rings is 1. The van der Waals surface area contributed by atoms with Gasteiger partial charge in [-0.3, -0.25) is 9.69 Å². The molecule has 1 saturated heterocycles. The summed E-state index contributed by atoms with van der Waals surface area (Å²) in [5, 5.41) is 12.7. The van der Waals surface area contributed by atoms with E-state index in [0.29, 0.717) is 19.1 Å². The molecule has 2 N–H and O–H groups in total. The Morgan fingerprint density at radius 3 is 2.50 bits per heavy atom. The number of aliphatic hydroxyl groups is 1. The van der Waals surface area contributed by atoms with Gasteiger partial charge in [-0.05, 0) is 32.2 Å². The monoisotopic (exact) mass is 254 g/mol. The maximum absolute atomic E-state index is 12.0. The zero-order valence-corrected chi connectivity index (χ0v) is 11.2. The molecule has 0 radical (unpaired) electrons. The highest BCUT2D eigenvalue weighted by Crippen LogP contribution is 2.17. The van der Waals surface area contributed by atoms with Crippen LogP contribution in [0.15, 0.2) is 0 Å². The van der Waals surface area contributed by atoms with E-state index in [1.165, 1.54) is 25.7 Å². The Kier molecular flexibility index (Phi) is 5.45. The van der Waals surface area contributed by atoms with Crippen LogP contribution >= 0.6 is 0 Å². The van der Waals surface area contributed by atoms with E-state index in [4.69, 9.17) is 0 Å². The Balaban J connectivity index is 1.70. The molecule has 0 aromatic rings. The van der Waals surface area contributed by atoms with E-state index in [1.54, 1.807) is 0 Å². The molecular weight excluding hydrogens is 228 g/mol. The average molecular weight is 254 g/mol. The summed E-state index contributed by atoms with van der Waals surface area (Å²) < 4.78 is 0. The Morgan fingerprint density at radius 2 is 1.83 bits per heavy atom. The first-order valence-corrected chi connectivity index (χ1v) is 7.44. The summed E-state index contributed by atoms with van der Waals surface area (Å²) in [6.07, 6.45) is 9.00. The minimum absolute atomic E-state index is 0.135. The van der Waals surface area contributed by atoms with E-state index in [9.17, 15) is 9.90 Å². The number of β-amino-alcohol motifs (C(OH)–C–C–N with tert-alkyl or cyclic N) is 1. The Hall–Kier alpha value is -0.610. The second-order valence-corrected chi connectivity index (χ2v) is 5.79. The molecule has 4 heteroatoms. The van der Waals surface area contributed by atoms with E-state index >= 15 is 0 Å². The first-order valence-electron chi connectivity index (χ1n) is 7.44. The van der Waals surface area contributed by atoms with Gasteiger partial charge in [-0.2, -0.15) is 0 Å². The van der Waals surface area contributed by atoms with Crippen LogP contribution in [0, 0.1) is 0 Å². The summed E-state index contributed by atoms with van der Waals surface area (Å²) >= 11 is 0. The van der Waals surface area contributed by atoms with Gasteiger partial charge in [-0.1, -0.05) is 25.7 Å². The standard InChI is InChI=1S/C14H26N2O2/c17-13-8-5-9-16(10-13)11-14(18)15-12-6-3-1-2-4-7-12/h12-13,17H,1-11H2,(H,15,18). The molecule has 1 unspecified atom stereocenters. The molecular formula is C14H26N2O2. The molecule has 1 heterocycles. The second-order valence-electron chi connectivity index (χ2n) is 5.79. The van der Waals surface area contributed by atoms with E-state index in [1.807, 2.05) is 0 Å². The Labute approximate surface area is 110 Å². The van der Waals surface area contributed by atoms with Crippen LogP contribution in [0.25, 0.3) is 0 Å². The maximum atomic E-state index is 12.0. The fourth-order valence-corrected chi connectivity index (χ4v) is 3.07. The topological polar surface area (TPSA) is 52.6 Å². The molecule has 1 amide bonds. The van der Waals surface area contributed by atoms with Crippen molar-refractivity contribution in [3.63, 3.8) is 0 Å². The minimum Gasteiger partial charge on any atom is -0.392 e. The molecule has 18 heavy (non-hydrogen) atoms. The van der Waals surface area contributed by atoms with Gasteiger partial charge >= 0.3 is 0 Å². The van der Waals surface area contributed by atoms with Gasteiger partial charge in [0.15, 0.2) is 0 Å². The number of rotatable bonds is 3. The van der Waals surface area contributed by atoms with Crippen LogP contribution in [0.1, 0.15) is 51.4 Å². The summed E-state index contributed by atoms with van der Waals surface area (Å²) in [5.41, 5.74) is 0. The number of carbonyl (C=O) groups is 1. The highest BCUT2D eigenvalue weighted by atomic mass is 16.3. The molecule has 1 aliphatic heterocycles. The van der Waals surface area contributed by atoms with Crippen LogP contribution < -0.4 is 5.32 Å². The van der Waals surface area contributed by atoms with Gasteiger partial charge in [-0.25, -0.2) is 0 Å². The van der Waals surface area contributed by atoms with E-state index in [0.717, 1.165) is 32.2 Å². The minimum atomic E-state index is -0.246. The Morgan fingerprint density at radius 1 is 1.11 bits per heavy atom. The first kappa shape index (κ1) is 13.8. The van der Waals surface area contributed by atoms with Crippen molar-refractivity contribution in [1.29, 1.82) is 0 Å². The summed E-state index contributed by atoms with van der Waals surface area (Å²) in [7, 11) is 0. The fourth-order valence-electron chi connectivity index (χ4n) is 3.07. The zero-order chi connectivity index (χ0) is 12.8. The molecule has 2 rings (SSSR count). The number of aliphatic hydroxyl groups excluding tert-OH is 1. The zero-order valence-electron chi connectivity index (χ0n) is 11.2. The van der Waals surface area contributed by atoms with Gasteiger partial charge in [0.25, 0.3) is 0 Å². The van der Waals surface area contributed by atoms with Gasteiger partial charge in [0.1, 0.15) is 0 Å². The number of carbonyl (C=O) groups excluding carboxylic acids is 1. The molecule has 0 spiro atoms. The molecule has 104 valence electrons. The maximum Gasteiger partial charge on any atom is 0.234 e. The van der Waals surface area contributed by atoms with Gasteiger partial charge < -0.3 is 10.4 Å². The van der Waals surface area contributed by atoms with E-state index < -0.39 is 0 Å². The van der Waals surface area contributed by atoms with Crippen molar-refractivity contribution in [1.82, 2.24) is 10.2 Å². The third kappa shape index (κ3) is 4.58. The quantitative estimate of drug-likeness (QED) is 0.746. The largest absolute Gasteiger partial charge is 0.392 e. The molecule has 2 fully saturated rings. The summed E-state index contributed by atoms with van der Waals surface area (Å²) in [5.74, 6) is 0.135. The molecule has 0 aromatic heterocycles. The fraction of sp³-hybridized carbons (Fsp3) is 0.929. The van der Waals surface area contributed by atoms with Crippen molar-refractivity contribution in [3.05, 3.63) is 0 Å². The predicted molar refractivity (Wildman–Crippen MR) is 71.3 cm³/mol. The van der Waals surface area contributed by atoms with Crippen LogP contribution in [0.3, 0.4) is 0 Å². The summed E-state index contributed by atoms with van der Waals surface area (Å²) in [4.78, 5) is 14.0. The predicted octanol–water partition coefficient (Wildman–Crippen LogP) is 1.28. The lowest BCUT2D eigenvalue weighted by atomic mass is 10.1. The van der Waals surface area contributed by atoms with Gasteiger partial charge in [0, 0.05) is 12.6 Å². The molecule has 1 atom stereocenters. The van der Waals surface area contributed by atoms with E-state index in [-0.39, 0.29) is 12.0 Å². The highest BCUT2D eigenvalue weighted by Gasteiger charge is 2.21. The lowest BCUT2D eigenvalue weighted by Crippen LogP contribution is -2.46. The molecule has 2 aliphatic rings. The van der Waals surface area contributed by atoms with Crippen LogP contribution in [0.5, 0.6) is 0 Å². The molecule has 0 bridgehead atoms. The van der Waals surface area contributed by atoms with Crippen molar-refractivity contribution < 1.29 is 9.90 Å². The lowest BCUT2D eigenvalue weighted by molar-refractivity contribution is -0.123. The summed E-state index contributed by atoms with van der Waals surface area (Å²) in [6.45, 7) is 2.04. The number of nitrogens with one attached hydrogen (secondary N) is 1. The second kappa shape index (κ2) is 7.10. The number of amides is 1. The summed E-state index contributed by atoms with van der Waals surface area (Å²) in [6, 6.07) is 0.384. The van der Waals surface area contributed by atoms with Crippen molar-refractivity contribution in [2.45, 2.75) is 63.5 Å². The van der Waals surface area contributed by atoms with E-state index in [2.05, 4.69) is 10.2 Å². The number of hydrogen-bond donors (Lipinski definition) is 2. The van der Waals surface area contributed by atoms with Gasteiger partial charge in [-0.15, -0.1) is 0 Å². The van der Waals surface area contributed by atoms with Crippen molar-refractivity contribution in [3.8, 4) is 0 Å². The number of likely N-dealkylation sites (tertiary alicyclic amines) is 1. The van der Waals surface area contributed by atoms with Crippen LogP contribution in [-0.2, 0) is 4.79 Å². The van der Waals surface area contributed by atoms with Crippen LogP contribution in [0.4, 0.5) is 0 Å². The van der Waals surface area contributed by atoms with Crippen LogP contribution in [0.2, 0.25) is 0 Å². The van der Waals surface area contributed by atoms with Crippen molar-refractivity contribution in [2.75, 3.05) is 19.6 Å². The molecule has 1 aliphatic carbocycles. The smallest absolute Gasteiger partial charge is 0.234 e. The van der Waals surface area contributed by atoms with Gasteiger partial charge in [0.2, 0.25) is 5.91 Å². The first-order chi connectivity index (χ1) is 8.74. The number of hydrogen-bond acceptors (Lipinski definition) is 3. The van der Waals surface area contributed by atoms with Crippen molar-refractivity contribution in [2.24, 2.45) is 0 Å². The SMILES string of the molecule is O=C(CN1CCCC(O)C1)NC1CCCCCC1. The lowest BCUT2D eigenvalue weighted by Gasteiger charge is -2.29. The molecule has 4 nitrogen and oxygen atoms in total. The normalized spacial score (nSPS) is 27.7.